The number of hydrogen-bond donors (Lipinski definition) is 1. The molecule has 2 aromatic heterocycles. The quantitative estimate of drug-likeness (QED) is 0.677. The molecule has 2 heterocycles. The Bertz CT molecular complexity index is 815. The highest BCUT2D eigenvalue weighted by atomic mass is 16.1. The number of aromatic nitrogens is 3. The fourth-order valence-corrected chi connectivity index (χ4v) is 2.93. The van der Waals surface area contributed by atoms with E-state index in [0.29, 0.717) is 18.9 Å². The minimum atomic E-state index is 0.0750. The van der Waals surface area contributed by atoms with Gasteiger partial charge in [0, 0.05) is 37.1 Å². The summed E-state index contributed by atoms with van der Waals surface area (Å²) in [6.07, 6.45) is 9.55. The van der Waals surface area contributed by atoms with Crippen molar-refractivity contribution in [2.75, 3.05) is 0 Å². The number of nitrogens with one attached hydrogen (secondary N) is 1. The number of carbonyl (C=O) groups excluding carboxylic acids is 1. The van der Waals surface area contributed by atoms with E-state index in [1.807, 2.05) is 29.0 Å². The van der Waals surface area contributed by atoms with Crippen LogP contribution in [0.4, 0.5) is 0 Å². The molecular weight excluding hydrogens is 324 g/mol. The molecule has 0 aliphatic carbocycles. The molecule has 0 aliphatic heterocycles. The summed E-state index contributed by atoms with van der Waals surface area (Å²) in [5.41, 5.74) is 2.29. The van der Waals surface area contributed by atoms with E-state index in [4.69, 9.17) is 0 Å². The normalized spacial score (nSPS) is 11.9. The van der Waals surface area contributed by atoms with Gasteiger partial charge in [-0.2, -0.15) is 0 Å². The fraction of sp³-hybridized carbons (Fsp3) is 0.286. The Kier molecular flexibility index (Phi) is 6.14. The highest BCUT2D eigenvalue weighted by molar-refractivity contribution is 5.76. The molecule has 0 saturated heterocycles. The molecule has 1 unspecified atom stereocenters. The summed E-state index contributed by atoms with van der Waals surface area (Å²) >= 11 is 0. The Hall–Kier alpha value is -2.95. The van der Waals surface area contributed by atoms with Gasteiger partial charge in [0.2, 0.25) is 5.91 Å². The van der Waals surface area contributed by atoms with Gasteiger partial charge in [0.1, 0.15) is 12.1 Å². The van der Waals surface area contributed by atoms with E-state index in [0.717, 1.165) is 24.2 Å². The zero-order valence-corrected chi connectivity index (χ0v) is 15.0. The van der Waals surface area contributed by atoms with Crippen LogP contribution in [0.25, 0.3) is 5.82 Å². The molecule has 0 aliphatic rings. The minimum absolute atomic E-state index is 0.0750. The van der Waals surface area contributed by atoms with E-state index in [9.17, 15) is 4.79 Å². The third kappa shape index (κ3) is 5.02. The van der Waals surface area contributed by atoms with Crippen LogP contribution in [0, 0.1) is 5.92 Å². The Labute approximate surface area is 154 Å². The molecule has 0 bridgehead atoms. The fourth-order valence-electron chi connectivity index (χ4n) is 2.93. The maximum atomic E-state index is 12.3. The summed E-state index contributed by atoms with van der Waals surface area (Å²) in [6.45, 7) is 2.59. The van der Waals surface area contributed by atoms with Gasteiger partial charge in [-0.3, -0.25) is 9.36 Å². The van der Waals surface area contributed by atoms with Crippen molar-refractivity contribution in [2.24, 2.45) is 5.92 Å². The highest BCUT2D eigenvalue weighted by Gasteiger charge is 2.11. The first kappa shape index (κ1) is 17.9. The van der Waals surface area contributed by atoms with Crippen molar-refractivity contribution < 1.29 is 4.79 Å². The van der Waals surface area contributed by atoms with Crippen LogP contribution in [0.2, 0.25) is 0 Å². The number of hydrogen-bond acceptors (Lipinski definition) is 3. The molecular formula is C21H24N4O. The zero-order valence-electron chi connectivity index (χ0n) is 15.0. The molecule has 3 rings (SSSR count). The monoisotopic (exact) mass is 348 g/mol. The van der Waals surface area contributed by atoms with Gasteiger partial charge in [-0.15, -0.1) is 0 Å². The van der Waals surface area contributed by atoms with Crippen LogP contribution in [-0.4, -0.2) is 20.4 Å². The first-order chi connectivity index (χ1) is 12.7. The second-order valence-electron chi connectivity index (χ2n) is 6.57. The third-order valence-electron chi connectivity index (χ3n) is 4.39. The number of pyridine rings is 1. The van der Waals surface area contributed by atoms with Gasteiger partial charge in [-0.1, -0.05) is 43.3 Å². The van der Waals surface area contributed by atoms with Crippen LogP contribution in [0.1, 0.15) is 30.9 Å². The predicted molar refractivity (Wildman–Crippen MR) is 102 cm³/mol. The Morgan fingerprint density at radius 1 is 1.15 bits per heavy atom. The number of amides is 1. The average Bonchev–Trinajstić information content (AvgIpc) is 3.20. The van der Waals surface area contributed by atoms with Crippen molar-refractivity contribution in [3.05, 3.63) is 78.5 Å². The van der Waals surface area contributed by atoms with Gasteiger partial charge in [0.15, 0.2) is 0 Å². The molecule has 26 heavy (non-hydrogen) atoms. The van der Waals surface area contributed by atoms with Crippen molar-refractivity contribution >= 4 is 5.91 Å². The minimum Gasteiger partial charge on any atom is -0.352 e. The zero-order chi connectivity index (χ0) is 18.2. The van der Waals surface area contributed by atoms with Crippen molar-refractivity contribution in [1.82, 2.24) is 19.9 Å². The molecule has 1 aromatic carbocycles. The highest BCUT2D eigenvalue weighted by Crippen LogP contribution is 2.14. The lowest BCUT2D eigenvalue weighted by Gasteiger charge is -2.13. The second-order valence-corrected chi connectivity index (χ2v) is 6.57. The summed E-state index contributed by atoms with van der Waals surface area (Å²) in [5.74, 6) is 1.21. The molecule has 1 N–H and O–H groups in total. The van der Waals surface area contributed by atoms with E-state index in [-0.39, 0.29) is 5.91 Å². The molecule has 1 atom stereocenters. The number of aryl methyl sites for hydroxylation is 1. The van der Waals surface area contributed by atoms with Gasteiger partial charge < -0.3 is 5.32 Å². The second kappa shape index (κ2) is 8.94. The molecule has 1 amide bonds. The maximum Gasteiger partial charge on any atom is 0.220 e. The standard InChI is InChI=1S/C21H24N4O/c1-17(9-10-18-6-3-2-4-7-18)14-20(26)24-15-19-8-5-11-23-21(19)25-13-12-22-16-25/h2-8,11-13,16-17H,9-10,14-15H2,1H3,(H,24,26). The SMILES string of the molecule is CC(CCc1ccccc1)CC(=O)NCc1cccnc1-n1ccnc1. The van der Waals surface area contributed by atoms with Crippen molar-refractivity contribution in [3.8, 4) is 5.82 Å². The van der Waals surface area contributed by atoms with Crippen LogP contribution in [0.15, 0.2) is 67.4 Å². The number of carbonyl (C=O) groups is 1. The van der Waals surface area contributed by atoms with Crippen LogP contribution in [0.3, 0.4) is 0 Å². The maximum absolute atomic E-state index is 12.3. The Morgan fingerprint density at radius 2 is 2.00 bits per heavy atom. The van der Waals surface area contributed by atoms with Gasteiger partial charge in [-0.05, 0) is 30.4 Å². The molecule has 5 nitrogen and oxygen atoms in total. The summed E-state index contributed by atoms with van der Waals surface area (Å²) in [7, 11) is 0. The largest absolute Gasteiger partial charge is 0.352 e. The molecule has 134 valence electrons. The van der Waals surface area contributed by atoms with Crippen LogP contribution < -0.4 is 5.32 Å². The Balaban J connectivity index is 1.48. The van der Waals surface area contributed by atoms with Gasteiger partial charge >= 0.3 is 0 Å². The van der Waals surface area contributed by atoms with E-state index in [1.165, 1.54) is 5.56 Å². The summed E-state index contributed by atoms with van der Waals surface area (Å²) in [5, 5.41) is 3.02. The molecule has 3 aromatic rings. The van der Waals surface area contributed by atoms with E-state index in [1.54, 1.807) is 18.7 Å². The van der Waals surface area contributed by atoms with Crippen LogP contribution >= 0.6 is 0 Å². The van der Waals surface area contributed by atoms with Crippen molar-refractivity contribution in [1.29, 1.82) is 0 Å². The lowest BCUT2D eigenvalue weighted by Crippen LogP contribution is -2.25. The molecule has 0 saturated carbocycles. The molecule has 0 fully saturated rings. The van der Waals surface area contributed by atoms with Gasteiger partial charge in [0.05, 0.1) is 0 Å². The number of benzene rings is 1. The number of imidazole rings is 1. The third-order valence-corrected chi connectivity index (χ3v) is 4.39. The summed E-state index contributed by atoms with van der Waals surface area (Å²) in [6, 6.07) is 14.2. The van der Waals surface area contributed by atoms with Crippen LogP contribution in [-0.2, 0) is 17.8 Å². The molecule has 0 radical (unpaired) electrons. The number of rotatable bonds is 8. The smallest absolute Gasteiger partial charge is 0.220 e. The first-order valence-corrected chi connectivity index (χ1v) is 8.95. The first-order valence-electron chi connectivity index (χ1n) is 8.95. The summed E-state index contributed by atoms with van der Waals surface area (Å²) < 4.78 is 1.85. The molecule has 5 heteroatoms. The van der Waals surface area contributed by atoms with Gasteiger partial charge in [0.25, 0.3) is 0 Å². The van der Waals surface area contributed by atoms with E-state index >= 15 is 0 Å². The lowest BCUT2D eigenvalue weighted by atomic mass is 9.98. The van der Waals surface area contributed by atoms with E-state index < -0.39 is 0 Å². The Morgan fingerprint density at radius 3 is 2.77 bits per heavy atom. The van der Waals surface area contributed by atoms with Crippen molar-refractivity contribution in [3.63, 3.8) is 0 Å². The predicted octanol–water partition coefficient (Wildman–Crippen LogP) is 3.54. The van der Waals surface area contributed by atoms with E-state index in [2.05, 4.69) is 46.5 Å². The topological polar surface area (TPSA) is 59.8 Å². The van der Waals surface area contributed by atoms with Gasteiger partial charge in [-0.25, -0.2) is 9.97 Å². The molecule has 0 spiro atoms. The lowest BCUT2D eigenvalue weighted by molar-refractivity contribution is -0.122. The van der Waals surface area contributed by atoms with Crippen LogP contribution in [0.5, 0.6) is 0 Å². The van der Waals surface area contributed by atoms with Crippen molar-refractivity contribution in [2.45, 2.75) is 32.7 Å². The average molecular weight is 348 g/mol. The summed E-state index contributed by atoms with van der Waals surface area (Å²) in [4.78, 5) is 20.7. The number of nitrogens with zero attached hydrogens (tertiary/aromatic N) is 3.